The van der Waals surface area contributed by atoms with Gasteiger partial charge in [-0.25, -0.2) is 8.42 Å². The maximum absolute atomic E-state index is 11.0. The number of hydrogen-bond acceptors (Lipinski definition) is 3. The molecule has 0 spiro atoms. The lowest BCUT2D eigenvalue weighted by atomic mass is 10.1. The minimum atomic E-state index is -3.62. The number of aryl methyl sites for hydroxylation is 1. The average Bonchev–Trinajstić information content (AvgIpc) is 2.49. The van der Waals surface area contributed by atoms with Gasteiger partial charge in [0.2, 0.25) is 0 Å². The first-order chi connectivity index (χ1) is 10.4. The molecule has 0 aliphatic rings. The molecule has 2 nitrogen and oxygen atoms in total. The van der Waals surface area contributed by atoms with E-state index in [2.05, 4.69) is 19.6 Å². The van der Waals surface area contributed by atoms with E-state index in [1.165, 1.54) is 11.6 Å². The normalized spacial score (nSPS) is 10.9. The Kier molecular flexibility index (Phi) is 5.51. The van der Waals surface area contributed by atoms with E-state index in [9.17, 15) is 8.42 Å². The Bertz CT molecular complexity index is 852. The summed E-state index contributed by atoms with van der Waals surface area (Å²) in [5.74, 6) is 0. The molecule has 0 heterocycles. The van der Waals surface area contributed by atoms with Crippen molar-refractivity contribution in [3.05, 3.63) is 72.3 Å². The third-order valence-corrected chi connectivity index (χ3v) is 4.69. The first-order valence-electron chi connectivity index (χ1n) is 6.55. The zero-order chi connectivity index (χ0) is 16.2. The highest BCUT2D eigenvalue weighted by atomic mass is 35.7. The van der Waals surface area contributed by atoms with Gasteiger partial charge in [-0.2, -0.15) is 0 Å². The maximum Gasteiger partial charge on any atom is 0.261 e. The molecule has 0 atom stereocenters. The van der Waals surface area contributed by atoms with Gasteiger partial charge >= 0.3 is 0 Å². The monoisotopic (exact) mass is 350 g/mol. The van der Waals surface area contributed by atoms with E-state index in [1.807, 2.05) is 48.5 Å². The molecule has 3 aromatic rings. The van der Waals surface area contributed by atoms with Gasteiger partial charge in [0.15, 0.2) is 0 Å². The van der Waals surface area contributed by atoms with Crippen LogP contribution in [0.5, 0.6) is 0 Å². The SMILES string of the molecule is Cc1ccc(S)cc1.O=S(=O)(Cl)c1ccc2ccccc2c1. The first-order valence-corrected chi connectivity index (χ1v) is 9.31. The molecule has 114 valence electrons. The molecule has 0 radical (unpaired) electrons. The lowest BCUT2D eigenvalue weighted by molar-refractivity contribution is 0.609. The van der Waals surface area contributed by atoms with E-state index < -0.39 is 9.05 Å². The van der Waals surface area contributed by atoms with Crippen LogP contribution in [0.4, 0.5) is 0 Å². The zero-order valence-electron chi connectivity index (χ0n) is 11.9. The summed E-state index contributed by atoms with van der Waals surface area (Å²) in [5.41, 5.74) is 1.28. The van der Waals surface area contributed by atoms with Crippen LogP contribution >= 0.6 is 23.3 Å². The van der Waals surface area contributed by atoms with Gasteiger partial charge in [0.05, 0.1) is 4.90 Å². The molecule has 3 aromatic carbocycles. The second-order valence-corrected chi connectivity index (χ2v) is 7.86. The van der Waals surface area contributed by atoms with Crippen LogP contribution in [0.25, 0.3) is 10.8 Å². The Balaban J connectivity index is 0.000000188. The van der Waals surface area contributed by atoms with Gasteiger partial charge < -0.3 is 0 Å². The summed E-state index contributed by atoms with van der Waals surface area (Å²) in [6.07, 6.45) is 0. The summed E-state index contributed by atoms with van der Waals surface area (Å²) in [6, 6.07) is 20.4. The summed E-state index contributed by atoms with van der Waals surface area (Å²) in [6.45, 7) is 2.06. The minimum absolute atomic E-state index is 0.137. The van der Waals surface area contributed by atoms with Gasteiger partial charge in [-0.05, 0) is 42.0 Å². The molecule has 0 amide bonds. The number of halogens is 1. The molecule has 0 aromatic heterocycles. The standard InChI is InChI=1S/C10H7ClO2S.C7H8S/c11-14(12,13)10-6-5-8-3-1-2-4-9(8)7-10;1-6-2-4-7(8)5-3-6/h1-7H;2-5,8H,1H3. The molecular formula is C17H15ClO2S2. The molecule has 0 bridgehead atoms. The molecule has 0 fully saturated rings. The average molecular weight is 351 g/mol. The second-order valence-electron chi connectivity index (χ2n) is 4.78. The number of fused-ring (bicyclic) bond motifs is 1. The molecule has 0 aliphatic carbocycles. The van der Waals surface area contributed by atoms with Crippen LogP contribution in [-0.4, -0.2) is 8.42 Å². The minimum Gasteiger partial charge on any atom is -0.207 e. The Morgan fingerprint density at radius 1 is 0.864 bits per heavy atom. The third-order valence-electron chi connectivity index (χ3n) is 3.04. The highest BCUT2D eigenvalue weighted by molar-refractivity contribution is 8.13. The van der Waals surface area contributed by atoms with Gasteiger partial charge in [0.1, 0.15) is 0 Å². The van der Waals surface area contributed by atoms with Crippen molar-refractivity contribution in [2.75, 3.05) is 0 Å². The molecule has 5 heteroatoms. The molecule has 22 heavy (non-hydrogen) atoms. The van der Waals surface area contributed by atoms with Gasteiger partial charge in [0, 0.05) is 15.6 Å². The molecule has 0 N–H and O–H groups in total. The Morgan fingerprint density at radius 2 is 1.45 bits per heavy atom. The molecule has 0 saturated heterocycles. The van der Waals surface area contributed by atoms with Crippen LogP contribution < -0.4 is 0 Å². The van der Waals surface area contributed by atoms with Crippen molar-refractivity contribution in [2.45, 2.75) is 16.7 Å². The van der Waals surface area contributed by atoms with Gasteiger partial charge in [-0.1, -0.05) is 48.0 Å². The van der Waals surface area contributed by atoms with Crippen molar-refractivity contribution in [3.8, 4) is 0 Å². The predicted molar refractivity (Wildman–Crippen MR) is 95.4 cm³/mol. The maximum atomic E-state index is 11.0. The summed E-state index contributed by atoms with van der Waals surface area (Å²) >= 11 is 4.13. The van der Waals surface area contributed by atoms with E-state index in [4.69, 9.17) is 10.7 Å². The van der Waals surface area contributed by atoms with E-state index in [0.717, 1.165) is 15.7 Å². The number of rotatable bonds is 1. The smallest absolute Gasteiger partial charge is 0.207 e. The molecular weight excluding hydrogens is 336 g/mol. The van der Waals surface area contributed by atoms with Crippen LogP contribution in [0.15, 0.2) is 76.5 Å². The summed E-state index contributed by atoms with van der Waals surface area (Å²) in [7, 11) is 1.61. The van der Waals surface area contributed by atoms with Crippen molar-refractivity contribution in [2.24, 2.45) is 0 Å². The number of hydrogen-bond donors (Lipinski definition) is 1. The molecule has 0 aliphatic heterocycles. The third kappa shape index (κ3) is 4.77. The fourth-order valence-corrected chi connectivity index (χ4v) is 2.80. The Morgan fingerprint density at radius 3 is 2.00 bits per heavy atom. The fourth-order valence-electron chi connectivity index (χ4n) is 1.86. The highest BCUT2D eigenvalue weighted by Crippen LogP contribution is 2.21. The van der Waals surface area contributed by atoms with Gasteiger partial charge in [-0.3, -0.25) is 0 Å². The summed E-state index contributed by atoms with van der Waals surface area (Å²) < 4.78 is 22.1. The molecule has 0 saturated carbocycles. The van der Waals surface area contributed by atoms with Crippen LogP contribution in [0.3, 0.4) is 0 Å². The lowest BCUT2D eigenvalue weighted by Crippen LogP contribution is -1.89. The van der Waals surface area contributed by atoms with Gasteiger partial charge in [0.25, 0.3) is 9.05 Å². The first kappa shape index (κ1) is 16.9. The van der Waals surface area contributed by atoms with Crippen molar-refractivity contribution < 1.29 is 8.42 Å². The largest absolute Gasteiger partial charge is 0.261 e. The van der Waals surface area contributed by atoms with Crippen molar-refractivity contribution in [3.63, 3.8) is 0 Å². The summed E-state index contributed by atoms with van der Waals surface area (Å²) in [4.78, 5) is 1.16. The summed E-state index contributed by atoms with van der Waals surface area (Å²) in [5, 5.41) is 1.87. The van der Waals surface area contributed by atoms with Crippen molar-refractivity contribution in [1.29, 1.82) is 0 Å². The van der Waals surface area contributed by atoms with Crippen LogP contribution in [0, 0.1) is 6.92 Å². The van der Waals surface area contributed by atoms with Gasteiger partial charge in [-0.15, -0.1) is 12.6 Å². The second kappa shape index (κ2) is 7.18. The zero-order valence-corrected chi connectivity index (χ0v) is 14.4. The topological polar surface area (TPSA) is 34.1 Å². The van der Waals surface area contributed by atoms with Crippen molar-refractivity contribution in [1.82, 2.24) is 0 Å². The highest BCUT2D eigenvalue weighted by Gasteiger charge is 2.09. The van der Waals surface area contributed by atoms with Crippen LogP contribution in [0.2, 0.25) is 0 Å². The number of thiol groups is 1. The van der Waals surface area contributed by atoms with E-state index >= 15 is 0 Å². The fraction of sp³-hybridized carbons (Fsp3) is 0.0588. The van der Waals surface area contributed by atoms with Crippen molar-refractivity contribution >= 4 is 43.1 Å². The Labute approximate surface area is 140 Å². The number of benzene rings is 3. The van der Waals surface area contributed by atoms with E-state index in [-0.39, 0.29) is 4.90 Å². The van der Waals surface area contributed by atoms with E-state index in [1.54, 1.807) is 12.1 Å². The lowest BCUT2D eigenvalue weighted by Gasteiger charge is -1.99. The molecule has 3 rings (SSSR count). The van der Waals surface area contributed by atoms with Crippen LogP contribution in [-0.2, 0) is 9.05 Å². The predicted octanol–water partition coefficient (Wildman–Crippen LogP) is 5.05. The Hall–Kier alpha value is -1.49. The van der Waals surface area contributed by atoms with E-state index in [0.29, 0.717) is 0 Å². The quantitative estimate of drug-likeness (QED) is 0.492. The van der Waals surface area contributed by atoms with Crippen LogP contribution in [0.1, 0.15) is 5.56 Å². The molecule has 0 unspecified atom stereocenters.